The Bertz CT molecular complexity index is 653. The molecule has 0 unspecified atom stereocenters. The maximum absolute atomic E-state index is 13.6. The number of nitrogens with one attached hydrogen (secondary N) is 1. The molecule has 3 nitrogen and oxygen atoms in total. The Kier molecular flexibility index (Phi) is 3.52. The summed E-state index contributed by atoms with van der Waals surface area (Å²) in [6.07, 6.45) is 1.77. The van der Waals surface area contributed by atoms with Crippen LogP contribution in [-0.4, -0.2) is 4.57 Å². The number of rotatable bonds is 3. The number of hydrogen-bond acceptors (Lipinski definition) is 2. The van der Waals surface area contributed by atoms with Gasteiger partial charge in [-0.15, -0.1) is 0 Å². The molecule has 0 aliphatic carbocycles. The lowest BCUT2D eigenvalue weighted by molar-refractivity contribution is 0.594. The summed E-state index contributed by atoms with van der Waals surface area (Å²) in [5.41, 5.74) is 1.74. The van der Waals surface area contributed by atoms with E-state index >= 15 is 0 Å². The van der Waals surface area contributed by atoms with E-state index in [2.05, 4.69) is 5.32 Å². The number of halogens is 2. The van der Waals surface area contributed by atoms with Crippen LogP contribution in [0.4, 0.5) is 14.5 Å². The first-order valence-corrected chi connectivity index (χ1v) is 5.76. The summed E-state index contributed by atoms with van der Waals surface area (Å²) < 4.78 is 28.6. The Balaban J connectivity index is 2.14. The van der Waals surface area contributed by atoms with E-state index < -0.39 is 11.6 Å². The molecular formula is C14H13F2N3. The number of nitrogens with zero attached hydrogens (tertiary/aromatic N) is 2. The molecule has 2 rings (SSSR count). The lowest BCUT2D eigenvalue weighted by Gasteiger charge is -2.08. The summed E-state index contributed by atoms with van der Waals surface area (Å²) in [5.74, 6) is -0.940. The summed E-state index contributed by atoms with van der Waals surface area (Å²) >= 11 is 0. The molecule has 0 fully saturated rings. The fourth-order valence-electron chi connectivity index (χ4n) is 1.82. The van der Waals surface area contributed by atoms with E-state index in [1.165, 1.54) is 6.92 Å². The zero-order valence-electron chi connectivity index (χ0n) is 10.7. The van der Waals surface area contributed by atoms with Crippen LogP contribution in [-0.2, 0) is 13.6 Å². The predicted octanol–water partition coefficient (Wildman–Crippen LogP) is 3.10. The zero-order chi connectivity index (χ0) is 14.0. The first-order valence-electron chi connectivity index (χ1n) is 5.76. The predicted molar refractivity (Wildman–Crippen MR) is 68.5 cm³/mol. The van der Waals surface area contributed by atoms with Crippen LogP contribution >= 0.6 is 0 Å². The Morgan fingerprint density at radius 3 is 2.63 bits per heavy atom. The normalized spacial score (nSPS) is 10.3. The maximum Gasteiger partial charge on any atom is 0.146 e. The van der Waals surface area contributed by atoms with E-state index in [0.29, 0.717) is 12.2 Å². The second-order valence-electron chi connectivity index (χ2n) is 4.39. The standard InChI is InChI=1S/C14H13F2N3/c1-9-3-13(16)14(5-12(9)15)18-7-10-4-11(6-17)19(2)8-10/h3-5,8,18H,7H2,1-2H3. The van der Waals surface area contributed by atoms with Crippen molar-refractivity contribution in [2.24, 2.45) is 7.05 Å². The fraction of sp³-hybridized carbons (Fsp3) is 0.214. The number of benzene rings is 1. The van der Waals surface area contributed by atoms with E-state index in [0.717, 1.165) is 17.7 Å². The molecule has 0 aliphatic heterocycles. The van der Waals surface area contributed by atoms with Gasteiger partial charge < -0.3 is 9.88 Å². The van der Waals surface area contributed by atoms with Crippen LogP contribution in [0.25, 0.3) is 0 Å². The Hall–Kier alpha value is -2.35. The number of anilines is 1. The third-order valence-corrected chi connectivity index (χ3v) is 2.91. The smallest absolute Gasteiger partial charge is 0.146 e. The van der Waals surface area contributed by atoms with Gasteiger partial charge >= 0.3 is 0 Å². The van der Waals surface area contributed by atoms with Gasteiger partial charge in [0.15, 0.2) is 0 Å². The van der Waals surface area contributed by atoms with E-state index in [-0.39, 0.29) is 11.3 Å². The molecule has 0 saturated heterocycles. The highest BCUT2D eigenvalue weighted by atomic mass is 19.1. The van der Waals surface area contributed by atoms with Gasteiger partial charge in [-0.3, -0.25) is 0 Å². The monoisotopic (exact) mass is 261 g/mol. The van der Waals surface area contributed by atoms with Crippen LogP contribution in [0.1, 0.15) is 16.8 Å². The lowest BCUT2D eigenvalue weighted by Crippen LogP contribution is -2.02. The summed E-state index contributed by atoms with van der Waals surface area (Å²) in [7, 11) is 1.76. The van der Waals surface area contributed by atoms with Crippen molar-refractivity contribution in [3.63, 3.8) is 0 Å². The molecule has 0 bridgehead atoms. The van der Waals surface area contributed by atoms with Crippen LogP contribution in [0.2, 0.25) is 0 Å². The Morgan fingerprint density at radius 1 is 1.26 bits per heavy atom. The SMILES string of the molecule is Cc1cc(F)c(NCc2cc(C#N)n(C)c2)cc1F. The van der Waals surface area contributed by atoms with Crippen molar-refractivity contribution in [1.82, 2.24) is 4.57 Å². The summed E-state index contributed by atoms with van der Waals surface area (Å²) in [6, 6.07) is 6.04. The van der Waals surface area contributed by atoms with Crippen LogP contribution in [0.5, 0.6) is 0 Å². The van der Waals surface area contributed by atoms with Crippen molar-refractivity contribution in [3.8, 4) is 6.07 Å². The molecule has 0 spiro atoms. The topological polar surface area (TPSA) is 40.8 Å². The minimum Gasteiger partial charge on any atom is -0.378 e. The first kappa shape index (κ1) is 13.1. The van der Waals surface area contributed by atoms with Crippen LogP contribution < -0.4 is 5.32 Å². The van der Waals surface area contributed by atoms with Gasteiger partial charge in [0.1, 0.15) is 23.4 Å². The average Bonchev–Trinajstić information content (AvgIpc) is 2.73. The van der Waals surface area contributed by atoms with Crippen molar-refractivity contribution in [1.29, 1.82) is 5.26 Å². The highest BCUT2D eigenvalue weighted by molar-refractivity contribution is 5.47. The lowest BCUT2D eigenvalue weighted by atomic mass is 10.2. The molecule has 2 aromatic rings. The summed E-state index contributed by atoms with van der Waals surface area (Å²) in [5, 5.41) is 11.7. The molecule has 0 aliphatic rings. The van der Waals surface area contributed by atoms with Crippen molar-refractivity contribution in [2.75, 3.05) is 5.32 Å². The molecule has 5 heteroatoms. The molecule has 1 aromatic heterocycles. The average molecular weight is 261 g/mol. The highest BCUT2D eigenvalue weighted by Crippen LogP contribution is 2.19. The van der Waals surface area contributed by atoms with Crippen molar-refractivity contribution >= 4 is 5.69 Å². The highest BCUT2D eigenvalue weighted by Gasteiger charge is 2.08. The second-order valence-corrected chi connectivity index (χ2v) is 4.39. The second kappa shape index (κ2) is 5.11. The summed E-state index contributed by atoms with van der Waals surface area (Å²) in [6.45, 7) is 1.84. The van der Waals surface area contributed by atoms with Gasteiger partial charge in [-0.05, 0) is 30.2 Å². The van der Waals surface area contributed by atoms with Crippen LogP contribution in [0.3, 0.4) is 0 Å². The molecule has 1 heterocycles. The van der Waals surface area contributed by atoms with Crippen LogP contribution in [0.15, 0.2) is 24.4 Å². The molecule has 0 saturated carbocycles. The minimum absolute atomic E-state index is 0.116. The molecular weight excluding hydrogens is 248 g/mol. The Morgan fingerprint density at radius 2 is 2.00 bits per heavy atom. The third-order valence-electron chi connectivity index (χ3n) is 2.91. The van der Waals surface area contributed by atoms with E-state index in [1.54, 1.807) is 23.9 Å². The molecule has 1 N–H and O–H groups in total. The molecule has 0 atom stereocenters. The third kappa shape index (κ3) is 2.74. The number of hydrogen-bond donors (Lipinski definition) is 1. The van der Waals surface area contributed by atoms with E-state index in [4.69, 9.17) is 5.26 Å². The van der Waals surface area contributed by atoms with Gasteiger partial charge in [0.2, 0.25) is 0 Å². The summed E-state index contributed by atoms with van der Waals surface area (Å²) in [4.78, 5) is 0. The van der Waals surface area contributed by atoms with Gasteiger partial charge in [-0.25, -0.2) is 8.78 Å². The van der Waals surface area contributed by atoms with Crippen molar-refractivity contribution in [3.05, 3.63) is 52.9 Å². The fourth-order valence-corrected chi connectivity index (χ4v) is 1.82. The number of aromatic nitrogens is 1. The van der Waals surface area contributed by atoms with Crippen LogP contribution in [0, 0.1) is 29.9 Å². The van der Waals surface area contributed by atoms with E-state index in [9.17, 15) is 8.78 Å². The minimum atomic E-state index is -0.490. The molecule has 0 amide bonds. The number of nitriles is 1. The van der Waals surface area contributed by atoms with Gasteiger partial charge in [0, 0.05) is 25.9 Å². The molecule has 19 heavy (non-hydrogen) atoms. The Labute approximate surface area is 110 Å². The molecule has 98 valence electrons. The van der Waals surface area contributed by atoms with Crippen molar-refractivity contribution < 1.29 is 8.78 Å². The number of aryl methyl sites for hydroxylation is 2. The molecule has 1 aromatic carbocycles. The quantitative estimate of drug-likeness (QED) is 0.922. The zero-order valence-corrected chi connectivity index (χ0v) is 10.7. The van der Waals surface area contributed by atoms with Gasteiger partial charge in [-0.2, -0.15) is 5.26 Å². The van der Waals surface area contributed by atoms with Gasteiger partial charge in [0.05, 0.1) is 5.69 Å². The van der Waals surface area contributed by atoms with Gasteiger partial charge in [-0.1, -0.05) is 0 Å². The maximum atomic E-state index is 13.6. The van der Waals surface area contributed by atoms with Gasteiger partial charge in [0.25, 0.3) is 0 Å². The van der Waals surface area contributed by atoms with E-state index in [1.807, 2.05) is 6.07 Å². The van der Waals surface area contributed by atoms with Crippen molar-refractivity contribution in [2.45, 2.75) is 13.5 Å². The largest absolute Gasteiger partial charge is 0.378 e. The molecule has 0 radical (unpaired) electrons. The first-order chi connectivity index (χ1) is 9.01.